The minimum absolute atomic E-state index is 0.0218. The predicted molar refractivity (Wildman–Crippen MR) is 78.3 cm³/mol. The van der Waals surface area contributed by atoms with Gasteiger partial charge >= 0.3 is 0 Å². The highest BCUT2D eigenvalue weighted by atomic mass is 79.9. The molecule has 0 radical (unpaired) electrons. The van der Waals surface area contributed by atoms with Gasteiger partial charge in [0.25, 0.3) is 0 Å². The number of hydrogen-bond donors (Lipinski definition) is 1. The molecule has 0 aliphatic carbocycles. The van der Waals surface area contributed by atoms with Crippen molar-refractivity contribution in [2.24, 2.45) is 5.73 Å². The Morgan fingerprint density at radius 3 is 2.44 bits per heavy atom. The Bertz CT molecular complexity index is 540. The van der Waals surface area contributed by atoms with Crippen molar-refractivity contribution in [2.45, 2.75) is 13.0 Å². The average Bonchev–Trinajstić information content (AvgIpc) is 2.34. The summed E-state index contributed by atoms with van der Waals surface area (Å²) < 4.78 is 6.65. The number of ether oxygens (including phenoxy) is 1. The van der Waals surface area contributed by atoms with E-state index in [1.54, 1.807) is 6.07 Å². The first-order chi connectivity index (χ1) is 8.56. The van der Waals surface area contributed by atoms with Crippen molar-refractivity contribution in [1.29, 1.82) is 0 Å². The Morgan fingerprint density at radius 2 is 1.83 bits per heavy atom. The second kappa shape index (κ2) is 5.74. The zero-order valence-corrected chi connectivity index (χ0v) is 12.2. The van der Waals surface area contributed by atoms with Gasteiger partial charge in [-0.15, -0.1) is 0 Å². The summed E-state index contributed by atoms with van der Waals surface area (Å²) in [7, 11) is 0. The van der Waals surface area contributed by atoms with Crippen LogP contribution in [0.15, 0.2) is 46.9 Å². The molecule has 2 N–H and O–H groups in total. The van der Waals surface area contributed by atoms with E-state index >= 15 is 0 Å². The highest BCUT2D eigenvalue weighted by molar-refractivity contribution is 9.10. The van der Waals surface area contributed by atoms with Gasteiger partial charge in [-0.1, -0.05) is 39.7 Å². The highest BCUT2D eigenvalue weighted by Crippen LogP contribution is 2.32. The van der Waals surface area contributed by atoms with E-state index in [-0.39, 0.29) is 6.04 Å². The first-order valence-corrected chi connectivity index (χ1v) is 6.72. The number of nitrogens with two attached hydrogens (primary N) is 1. The molecule has 0 fully saturated rings. The molecule has 0 aromatic heterocycles. The summed E-state index contributed by atoms with van der Waals surface area (Å²) in [6, 6.07) is 13.2. The van der Waals surface area contributed by atoms with E-state index < -0.39 is 0 Å². The zero-order valence-electron chi connectivity index (χ0n) is 9.86. The number of benzene rings is 2. The molecule has 0 unspecified atom stereocenters. The third-order valence-corrected chi connectivity index (χ3v) is 3.33. The lowest BCUT2D eigenvalue weighted by Crippen LogP contribution is -2.04. The van der Waals surface area contributed by atoms with Crippen molar-refractivity contribution in [3.8, 4) is 11.5 Å². The Balaban J connectivity index is 2.21. The van der Waals surface area contributed by atoms with Crippen molar-refractivity contribution in [3.63, 3.8) is 0 Å². The second-order valence-corrected chi connectivity index (χ2v) is 5.36. The van der Waals surface area contributed by atoms with Gasteiger partial charge in [0.2, 0.25) is 0 Å². The Morgan fingerprint density at radius 1 is 1.17 bits per heavy atom. The van der Waals surface area contributed by atoms with Gasteiger partial charge in [0.1, 0.15) is 11.5 Å². The van der Waals surface area contributed by atoms with Crippen molar-refractivity contribution < 1.29 is 4.74 Å². The molecule has 2 aromatic carbocycles. The van der Waals surface area contributed by atoms with Crippen LogP contribution in [0, 0.1) is 0 Å². The van der Waals surface area contributed by atoms with Gasteiger partial charge in [-0.3, -0.25) is 0 Å². The van der Waals surface area contributed by atoms with E-state index in [4.69, 9.17) is 22.1 Å². The maximum Gasteiger partial charge on any atom is 0.147 e. The normalized spacial score (nSPS) is 12.2. The van der Waals surface area contributed by atoms with E-state index in [2.05, 4.69) is 15.9 Å². The maximum absolute atomic E-state index is 6.06. The quantitative estimate of drug-likeness (QED) is 0.869. The Labute approximate surface area is 120 Å². The lowest BCUT2D eigenvalue weighted by molar-refractivity contribution is 0.482. The van der Waals surface area contributed by atoms with E-state index in [0.29, 0.717) is 10.8 Å². The molecule has 2 aromatic rings. The monoisotopic (exact) mass is 325 g/mol. The SMILES string of the molecule is C[C@H](N)c1ccc(Oc2cc(Br)ccc2Cl)cc1. The van der Waals surface area contributed by atoms with Crippen LogP contribution in [0.1, 0.15) is 18.5 Å². The molecular weight excluding hydrogens is 314 g/mol. The summed E-state index contributed by atoms with van der Waals surface area (Å²) in [4.78, 5) is 0. The van der Waals surface area contributed by atoms with E-state index in [9.17, 15) is 0 Å². The third-order valence-electron chi connectivity index (χ3n) is 2.53. The lowest BCUT2D eigenvalue weighted by Gasteiger charge is -2.10. The maximum atomic E-state index is 6.06. The highest BCUT2D eigenvalue weighted by Gasteiger charge is 2.05. The fourth-order valence-corrected chi connectivity index (χ4v) is 2.02. The average molecular weight is 327 g/mol. The summed E-state index contributed by atoms with van der Waals surface area (Å²) in [5, 5.41) is 0.578. The van der Waals surface area contributed by atoms with Crippen LogP contribution in [-0.2, 0) is 0 Å². The van der Waals surface area contributed by atoms with Crippen molar-refractivity contribution in [2.75, 3.05) is 0 Å². The fraction of sp³-hybridized carbons (Fsp3) is 0.143. The zero-order chi connectivity index (χ0) is 13.1. The number of rotatable bonds is 3. The molecule has 0 bridgehead atoms. The summed E-state index contributed by atoms with van der Waals surface area (Å²) in [6.45, 7) is 1.95. The van der Waals surface area contributed by atoms with Crippen LogP contribution in [0.3, 0.4) is 0 Å². The molecule has 4 heteroatoms. The molecule has 2 rings (SSSR count). The topological polar surface area (TPSA) is 35.2 Å². The van der Waals surface area contributed by atoms with Crippen molar-refractivity contribution in [1.82, 2.24) is 0 Å². The van der Waals surface area contributed by atoms with Crippen LogP contribution < -0.4 is 10.5 Å². The molecule has 0 saturated heterocycles. The first-order valence-electron chi connectivity index (χ1n) is 5.54. The van der Waals surface area contributed by atoms with Crippen LogP contribution in [0.4, 0.5) is 0 Å². The number of hydrogen-bond acceptors (Lipinski definition) is 2. The van der Waals surface area contributed by atoms with E-state index in [1.807, 2.05) is 43.3 Å². The van der Waals surface area contributed by atoms with E-state index in [0.717, 1.165) is 15.8 Å². The predicted octanol–water partition coefficient (Wildman–Crippen LogP) is 4.91. The van der Waals surface area contributed by atoms with E-state index in [1.165, 1.54) is 0 Å². The van der Waals surface area contributed by atoms with Gasteiger partial charge < -0.3 is 10.5 Å². The van der Waals surface area contributed by atoms with Gasteiger partial charge in [0.05, 0.1) is 5.02 Å². The van der Waals surface area contributed by atoms with Crippen LogP contribution in [0.25, 0.3) is 0 Å². The third kappa shape index (κ3) is 3.25. The van der Waals surface area contributed by atoms with Crippen molar-refractivity contribution in [3.05, 3.63) is 57.5 Å². The summed E-state index contributed by atoms with van der Waals surface area (Å²) >= 11 is 9.45. The molecule has 1 atom stereocenters. The van der Waals surface area contributed by atoms with Gasteiger partial charge in [-0.25, -0.2) is 0 Å². The number of halogens is 2. The molecule has 0 aliphatic heterocycles. The lowest BCUT2D eigenvalue weighted by atomic mass is 10.1. The minimum atomic E-state index is 0.0218. The molecule has 0 spiro atoms. The second-order valence-electron chi connectivity index (χ2n) is 4.03. The summed E-state index contributed by atoms with van der Waals surface area (Å²) in [5.74, 6) is 1.36. The fourth-order valence-electron chi connectivity index (χ4n) is 1.52. The van der Waals surface area contributed by atoms with Gasteiger partial charge in [0, 0.05) is 10.5 Å². The van der Waals surface area contributed by atoms with Crippen LogP contribution in [0.2, 0.25) is 5.02 Å². The van der Waals surface area contributed by atoms with Gasteiger partial charge in [0.15, 0.2) is 0 Å². The first kappa shape index (κ1) is 13.4. The Kier molecular flexibility index (Phi) is 4.27. The molecule has 0 amide bonds. The summed E-state index contributed by atoms with van der Waals surface area (Å²) in [6.07, 6.45) is 0. The molecule has 0 heterocycles. The van der Waals surface area contributed by atoms with Crippen LogP contribution in [0.5, 0.6) is 11.5 Å². The molecule has 2 nitrogen and oxygen atoms in total. The van der Waals surface area contributed by atoms with Gasteiger partial charge in [-0.05, 0) is 42.8 Å². The standard InChI is InChI=1S/C14H13BrClNO/c1-9(17)10-2-5-12(6-3-10)18-14-8-11(15)4-7-13(14)16/h2-9H,17H2,1H3/t9-/m0/s1. The summed E-state index contributed by atoms with van der Waals surface area (Å²) in [5.41, 5.74) is 6.86. The van der Waals surface area contributed by atoms with Crippen LogP contribution in [-0.4, -0.2) is 0 Å². The minimum Gasteiger partial charge on any atom is -0.456 e. The molecule has 94 valence electrons. The molecule has 0 saturated carbocycles. The smallest absolute Gasteiger partial charge is 0.147 e. The van der Waals surface area contributed by atoms with Crippen molar-refractivity contribution >= 4 is 27.5 Å². The molecular formula is C14H13BrClNO. The largest absolute Gasteiger partial charge is 0.456 e. The van der Waals surface area contributed by atoms with Crippen LogP contribution >= 0.6 is 27.5 Å². The Hall–Kier alpha value is -1.03. The molecule has 18 heavy (non-hydrogen) atoms. The van der Waals surface area contributed by atoms with Gasteiger partial charge in [-0.2, -0.15) is 0 Å². The molecule has 0 aliphatic rings.